The van der Waals surface area contributed by atoms with E-state index in [0.717, 1.165) is 5.56 Å². The summed E-state index contributed by atoms with van der Waals surface area (Å²) in [6, 6.07) is 10.1. The second-order valence-electron chi connectivity index (χ2n) is 4.90. The maximum atomic E-state index is 13.2. The van der Waals surface area contributed by atoms with E-state index in [1.807, 2.05) is 19.1 Å². The van der Waals surface area contributed by atoms with Crippen molar-refractivity contribution in [3.63, 3.8) is 0 Å². The highest BCUT2D eigenvalue weighted by Gasteiger charge is 2.13. The van der Waals surface area contributed by atoms with Crippen LogP contribution < -0.4 is 5.32 Å². The Balaban J connectivity index is 2.11. The van der Waals surface area contributed by atoms with E-state index in [2.05, 4.69) is 36.3 Å². The average Bonchev–Trinajstić information content (AvgIpc) is 2.39. The van der Waals surface area contributed by atoms with Gasteiger partial charge in [0.05, 0.1) is 6.20 Å². The third-order valence-corrected chi connectivity index (χ3v) is 3.38. The summed E-state index contributed by atoms with van der Waals surface area (Å²) < 4.78 is 13.2. The molecule has 1 heterocycles. The molecule has 100 valence electrons. The zero-order valence-corrected chi connectivity index (χ0v) is 11.5. The van der Waals surface area contributed by atoms with E-state index < -0.39 is 0 Å². The van der Waals surface area contributed by atoms with Gasteiger partial charge in [0.1, 0.15) is 5.82 Å². The molecule has 0 saturated heterocycles. The lowest BCUT2D eigenvalue weighted by Crippen LogP contribution is -2.23. The number of hydrogen-bond acceptors (Lipinski definition) is 2. The topological polar surface area (TPSA) is 24.9 Å². The smallest absolute Gasteiger partial charge is 0.141 e. The minimum absolute atomic E-state index is 0.0535. The molecule has 2 unspecified atom stereocenters. The van der Waals surface area contributed by atoms with E-state index in [9.17, 15) is 4.39 Å². The third kappa shape index (κ3) is 3.38. The Kier molecular flexibility index (Phi) is 4.27. The molecule has 2 rings (SSSR count). The molecule has 0 saturated carbocycles. The fraction of sp³-hybridized carbons (Fsp3) is 0.312. The Labute approximate surface area is 113 Å². The van der Waals surface area contributed by atoms with Gasteiger partial charge in [-0.1, -0.05) is 24.3 Å². The van der Waals surface area contributed by atoms with Crippen LogP contribution in [0.2, 0.25) is 0 Å². The molecule has 3 heteroatoms. The van der Waals surface area contributed by atoms with Gasteiger partial charge in [-0.3, -0.25) is 4.98 Å². The first kappa shape index (κ1) is 13.7. The van der Waals surface area contributed by atoms with Gasteiger partial charge in [-0.15, -0.1) is 0 Å². The first-order valence-corrected chi connectivity index (χ1v) is 6.50. The molecule has 0 bridgehead atoms. The summed E-state index contributed by atoms with van der Waals surface area (Å²) >= 11 is 0. The Morgan fingerprint density at radius 1 is 1.11 bits per heavy atom. The summed E-state index contributed by atoms with van der Waals surface area (Å²) in [5, 5.41) is 3.47. The second-order valence-corrected chi connectivity index (χ2v) is 4.90. The van der Waals surface area contributed by atoms with E-state index in [-0.39, 0.29) is 17.9 Å². The highest BCUT2D eigenvalue weighted by Crippen LogP contribution is 2.21. The number of benzene rings is 1. The van der Waals surface area contributed by atoms with Gasteiger partial charge in [0.2, 0.25) is 0 Å². The molecule has 0 aliphatic carbocycles. The lowest BCUT2D eigenvalue weighted by Gasteiger charge is -2.22. The predicted molar refractivity (Wildman–Crippen MR) is 75.3 cm³/mol. The molecule has 0 amide bonds. The number of halogens is 1. The van der Waals surface area contributed by atoms with Gasteiger partial charge in [-0.05, 0) is 43.5 Å². The number of aromatic nitrogens is 1. The van der Waals surface area contributed by atoms with Crippen LogP contribution in [0.4, 0.5) is 4.39 Å². The van der Waals surface area contributed by atoms with Crippen molar-refractivity contribution < 1.29 is 4.39 Å². The summed E-state index contributed by atoms with van der Waals surface area (Å²) in [7, 11) is 0. The van der Waals surface area contributed by atoms with Gasteiger partial charge < -0.3 is 5.32 Å². The third-order valence-electron chi connectivity index (χ3n) is 3.38. The molecular formula is C16H19FN2. The number of nitrogens with zero attached hydrogens (tertiary/aromatic N) is 1. The van der Waals surface area contributed by atoms with E-state index >= 15 is 0 Å². The van der Waals surface area contributed by atoms with Crippen molar-refractivity contribution in [3.8, 4) is 0 Å². The zero-order chi connectivity index (χ0) is 13.8. The molecule has 1 N–H and O–H groups in total. The number of nitrogens with one attached hydrogen (secondary N) is 1. The fourth-order valence-corrected chi connectivity index (χ4v) is 2.30. The summed E-state index contributed by atoms with van der Waals surface area (Å²) in [4.78, 5) is 3.89. The van der Waals surface area contributed by atoms with Gasteiger partial charge in [-0.25, -0.2) is 4.39 Å². The van der Waals surface area contributed by atoms with Gasteiger partial charge in [-0.2, -0.15) is 0 Å². The highest BCUT2D eigenvalue weighted by molar-refractivity contribution is 5.28. The predicted octanol–water partition coefficient (Wildman–Crippen LogP) is 3.94. The largest absolute Gasteiger partial charge is 0.304 e. The van der Waals surface area contributed by atoms with Gasteiger partial charge in [0.15, 0.2) is 0 Å². The van der Waals surface area contributed by atoms with Crippen LogP contribution >= 0.6 is 0 Å². The van der Waals surface area contributed by atoms with Crippen molar-refractivity contribution in [2.45, 2.75) is 32.9 Å². The molecule has 2 nitrogen and oxygen atoms in total. The summed E-state index contributed by atoms with van der Waals surface area (Å²) in [5.41, 5.74) is 3.38. The first-order valence-electron chi connectivity index (χ1n) is 6.50. The maximum absolute atomic E-state index is 13.2. The van der Waals surface area contributed by atoms with Crippen molar-refractivity contribution >= 4 is 0 Å². The van der Waals surface area contributed by atoms with Gasteiger partial charge in [0, 0.05) is 18.3 Å². The molecule has 0 spiro atoms. The monoisotopic (exact) mass is 258 g/mol. The maximum Gasteiger partial charge on any atom is 0.141 e. The summed E-state index contributed by atoms with van der Waals surface area (Å²) in [5.74, 6) is -0.297. The van der Waals surface area contributed by atoms with Crippen molar-refractivity contribution in [1.29, 1.82) is 0 Å². The highest BCUT2D eigenvalue weighted by atomic mass is 19.1. The van der Waals surface area contributed by atoms with Crippen molar-refractivity contribution in [3.05, 3.63) is 65.2 Å². The molecule has 2 aromatic rings. The first-order chi connectivity index (χ1) is 9.08. The van der Waals surface area contributed by atoms with E-state index in [1.54, 1.807) is 6.20 Å². The van der Waals surface area contributed by atoms with Crippen molar-refractivity contribution in [2.24, 2.45) is 0 Å². The molecule has 1 aromatic carbocycles. The summed E-state index contributed by atoms with van der Waals surface area (Å²) in [6.45, 7) is 6.23. The molecule has 0 aliphatic rings. The molecule has 0 radical (unpaired) electrons. The summed E-state index contributed by atoms with van der Waals surface area (Å²) in [6.07, 6.45) is 2.92. The van der Waals surface area contributed by atoms with Crippen LogP contribution in [0, 0.1) is 12.7 Å². The minimum atomic E-state index is -0.297. The molecule has 1 aromatic heterocycles. The van der Waals surface area contributed by atoms with Gasteiger partial charge in [0.25, 0.3) is 0 Å². The van der Waals surface area contributed by atoms with Crippen LogP contribution in [0.3, 0.4) is 0 Å². The minimum Gasteiger partial charge on any atom is -0.304 e. The normalized spacial score (nSPS) is 14.1. The van der Waals surface area contributed by atoms with E-state index in [4.69, 9.17) is 0 Å². The number of aryl methyl sites for hydroxylation is 1. The molecule has 19 heavy (non-hydrogen) atoms. The fourth-order valence-electron chi connectivity index (χ4n) is 2.30. The van der Waals surface area contributed by atoms with Crippen molar-refractivity contribution in [1.82, 2.24) is 10.3 Å². The molecule has 0 fully saturated rings. The number of pyridine rings is 1. The Morgan fingerprint density at radius 2 is 1.84 bits per heavy atom. The second kappa shape index (κ2) is 5.93. The van der Waals surface area contributed by atoms with E-state index in [1.165, 1.54) is 23.4 Å². The van der Waals surface area contributed by atoms with Crippen LogP contribution in [0.1, 0.15) is 42.6 Å². The van der Waals surface area contributed by atoms with Gasteiger partial charge >= 0.3 is 0 Å². The molecule has 2 atom stereocenters. The number of rotatable bonds is 4. The SMILES string of the molecule is Cc1ccccc1C(C)NC(C)c1cncc(F)c1. The standard InChI is InChI=1S/C16H19FN2/c1-11-6-4-5-7-16(11)13(3)19-12(2)14-8-15(17)10-18-9-14/h4-10,12-13,19H,1-3H3. The lowest BCUT2D eigenvalue weighted by molar-refractivity contribution is 0.489. The number of hydrogen-bond donors (Lipinski definition) is 1. The molecular weight excluding hydrogens is 239 g/mol. The van der Waals surface area contributed by atoms with Crippen LogP contribution in [-0.2, 0) is 0 Å². The Bertz CT molecular complexity index is 554. The Morgan fingerprint density at radius 3 is 2.53 bits per heavy atom. The zero-order valence-electron chi connectivity index (χ0n) is 11.5. The van der Waals surface area contributed by atoms with Crippen LogP contribution in [0.25, 0.3) is 0 Å². The van der Waals surface area contributed by atoms with Crippen LogP contribution in [0.5, 0.6) is 0 Å². The van der Waals surface area contributed by atoms with E-state index in [0.29, 0.717) is 0 Å². The Hall–Kier alpha value is -1.74. The van der Waals surface area contributed by atoms with Crippen LogP contribution in [-0.4, -0.2) is 4.98 Å². The van der Waals surface area contributed by atoms with Crippen LogP contribution in [0.15, 0.2) is 42.7 Å². The van der Waals surface area contributed by atoms with Crippen molar-refractivity contribution in [2.75, 3.05) is 0 Å². The molecule has 0 aliphatic heterocycles. The lowest BCUT2D eigenvalue weighted by atomic mass is 10.0. The average molecular weight is 258 g/mol. The quantitative estimate of drug-likeness (QED) is 0.898.